The number of thiazole rings is 1. The Kier molecular flexibility index (Phi) is 4.80. The van der Waals surface area contributed by atoms with Crippen molar-refractivity contribution in [2.24, 2.45) is 5.92 Å². The summed E-state index contributed by atoms with van der Waals surface area (Å²) in [5.41, 5.74) is 1.11. The number of aryl methyl sites for hydroxylation is 1. The van der Waals surface area contributed by atoms with E-state index in [1.807, 2.05) is 6.92 Å². The van der Waals surface area contributed by atoms with Gasteiger partial charge in [-0.25, -0.2) is 4.98 Å². The first-order chi connectivity index (χ1) is 10.6. The standard InChI is InChI=1S/C16H24N2O3S/c1-10-9-22-15(17-10)11-3-5-18(6-4-11)13-7-12(8-14(13)19)16(20)21-2/h9,11-14,19H,3-8H2,1-2H3/t12-,13-,14+/m0/s1. The highest BCUT2D eigenvalue weighted by molar-refractivity contribution is 7.09. The number of likely N-dealkylation sites (tertiary alicyclic amines) is 1. The van der Waals surface area contributed by atoms with Gasteiger partial charge in [-0.15, -0.1) is 11.3 Å². The quantitative estimate of drug-likeness (QED) is 0.861. The van der Waals surface area contributed by atoms with E-state index in [0.29, 0.717) is 12.3 Å². The van der Waals surface area contributed by atoms with Gasteiger partial charge in [0.15, 0.2) is 0 Å². The Bertz CT molecular complexity index is 525. The van der Waals surface area contributed by atoms with Gasteiger partial charge in [-0.3, -0.25) is 9.69 Å². The lowest BCUT2D eigenvalue weighted by Crippen LogP contribution is -2.44. The van der Waals surface area contributed by atoms with Crippen molar-refractivity contribution in [2.45, 2.75) is 50.7 Å². The number of carbonyl (C=O) groups excluding carboxylic acids is 1. The molecule has 1 aliphatic heterocycles. The van der Waals surface area contributed by atoms with Gasteiger partial charge in [-0.2, -0.15) is 0 Å². The van der Waals surface area contributed by atoms with Crippen LogP contribution in [0.1, 0.15) is 42.3 Å². The minimum Gasteiger partial charge on any atom is -0.469 e. The summed E-state index contributed by atoms with van der Waals surface area (Å²) in [5, 5.41) is 13.6. The molecule has 0 amide bonds. The molecule has 0 spiro atoms. The van der Waals surface area contributed by atoms with Crippen LogP contribution in [0.3, 0.4) is 0 Å². The fraction of sp³-hybridized carbons (Fsp3) is 0.750. The number of hydrogen-bond donors (Lipinski definition) is 1. The Morgan fingerprint density at radius 1 is 1.41 bits per heavy atom. The summed E-state index contributed by atoms with van der Waals surface area (Å²) in [5.74, 6) is 0.212. The SMILES string of the molecule is COC(=O)[C@@H]1C[C@@H](O)[C@@H](N2CCC(c3nc(C)cs3)CC2)C1. The first-order valence-corrected chi connectivity index (χ1v) is 8.88. The number of ether oxygens (including phenoxy) is 1. The van der Waals surface area contributed by atoms with E-state index in [1.54, 1.807) is 11.3 Å². The first kappa shape index (κ1) is 15.9. The Morgan fingerprint density at radius 3 is 2.73 bits per heavy atom. The Morgan fingerprint density at radius 2 is 2.14 bits per heavy atom. The molecule has 2 fully saturated rings. The number of carbonyl (C=O) groups is 1. The highest BCUT2D eigenvalue weighted by atomic mass is 32.1. The van der Waals surface area contributed by atoms with Gasteiger partial charge >= 0.3 is 5.97 Å². The van der Waals surface area contributed by atoms with E-state index in [4.69, 9.17) is 4.74 Å². The predicted molar refractivity (Wildman–Crippen MR) is 84.9 cm³/mol. The topological polar surface area (TPSA) is 62.7 Å². The molecule has 122 valence electrons. The van der Waals surface area contributed by atoms with Crippen LogP contribution in [0.2, 0.25) is 0 Å². The molecule has 1 saturated heterocycles. The molecule has 1 aromatic rings. The van der Waals surface area contributed by atoms with E-state index in [-0.39, 0.29) is 17.9 Å². The molecule has 2 aliphatic rings. The fourth-order valence-corrected chi connectivity index (χ4v) is 4.75. The molecule has 1 saturated carbocycles. The minimum absolute atomic E-state index is 0.100. The molecule has 0 aromatic carbocycles. The molecule has 3 rings (SSSR count). The summed E-state index contributed by atoms with van der Waals surface area (Å²) >= 11 is 1.76. The summed E-state index contributed by atoms with van der Waals surface area (Å²) in [6, 6.07) is 0.100. The zero-order chi connectivity index (χ0) is 15.7. The molecule has 3 atom stereocenters. The van der Waals surface area contributed by atoms with Gasteiger partial charge in [0, 0.05) is 23.0 Å². The Hall–Kier alpha value is -0.980. The predicted octanol–water partition coefficient (Wildman–Crippen LogP) is 1.94. The van der Waals surface area contributed by atoms with E-state index in [0.717, 1.165) is 38.0 Å². The lowest BCUT2D eigenvalue weighted by Gasteiger charge is -2.36. The largest absolute Gasteiger partial charge is 0.469 e. The summed E-state index contributed by atoms with van der Waals surface area (Å²) in [6.45, 7) is 3.98. The monoisotopic (exact) mass is 324 g/mol. The first-order valence-electron chi connectivity index (χ1n) is 8.00. The smallest absolute Gasteiger partial charge is 0.308 e. The van der Waals surface area contributed by atoms with Crippen molar-refractivity contribution >= 4 is 17.3 Å². The van der Waals surface area contributed by atoms with E-state index in [9.17, 15) is 9.90 Å². The molecule has 1 N–H and O–H groups in total. The third-order valence-electron chi connectivity index (χ3n) is 5.02. The summed E-state index contributed by atoms with van der Waals surface area (Å²) in [4.78, 5) is 18.6. The molecular weight excluding hydrogens is 300 g/mol. The second-order valence-electron chi connectivity index (χ2n) is 6.46. The van der Waals surface area contributed by atoms with Crippen molar-refractivity contribution in [1.82, 2.24) is 9.88 Å². The molecule has 5 nitrogen and oxygen atoms in total. The third kappa shape index (κ3) is 3.19. The number of piperidine rings is 1. The fourth-order valence-electron chi connectivity index (χ4n) is 3.78. The number of nitrogens with zero attached hydrogens (tertiary/aromatic N) is 2. The van der Waals surface area contributed by atoms with Crippen LogP contribution >= 0.6 is 11.3 Å². The maximum Gasteiger partial charge on any atom is 0.308 e. The molecule has 1 aromatic heterocycles. The molecule has 6 heteroatoms. The van der Waals surface area contributed by atoms with Gasteiger partial charge in [0.25, 0.3) is 0 Å². The van der Waals surface area contributed by atoms with Gasteiger partial charge < -0.3 is 9.84 Å². The molecule has 22 heavy (non-hydrogen) atoms. The van der Waals surface area contributed by atoms with Crippen molar-refractivity contribution in [1.29, 1.82) is 0 Å². The number of methoxy groups -OCH3 is 1. The van der Waals surface area contributed by atoms with E-state index in [1.165, 1.54) is 12.1 Å². The van der Waals surface area contributed by atoms with Crippen LogP contribution in [0.5, 0.6) is 0 Å². The van der Waals surface area contributed by atoms with Crippen LogP contribution in [0, 0.1) is 12.8 Å². The van der Waals surface area contributed by atoms with Crippen LogP contribution in [-0.2, 0) is 9.53 Å². The van der Waals surface area contributed by atoms with Crippen LogP contribution in [0.25, 0.3) is 0 Å². The highest BCUT2D eigenvalue weighted by Crippen LogP contribution is 2.36. The van der Waals surface area contributed by atoms with Gasteiger partial charge in [-0.1, -0.05) is 0 Å². The zero-order valence-electron chi connectivity index (χ0n) is 13.2. The average Bonchev–Trinajstić information content (AvgIpc) is 3.13. The third-order valence-corrected chi connectivity index (χ3v) is 6.14. The minimum atomic E-state index is -0.414. The summed E-state index contributed by atoms with van der Waals surface area (Å²) in [6.07, 6.45) is 3.00. The van der Waals surface area contributed by atoms with Crippen molar-refractivity contribution in [2.75, 3.05) is 20.2 Å². The number of aliphatic hydroxyl groups is 1. The second-order valence-corrected chi connectivity index (χ2v) is 7.35. The van der Waals surface area contributed by atoms with Crippen molar-refractivity contribution < 1.29 is 14.6 Å². The Labute approximate surface area is 135 Å². The summed E-state index contributed by atoms with van der Waals surface area (Å²) in [7, 11) is 1.42. The number of esters is 1. The molecule has 1 aliphatic carbocycles. The van der Waals surface area contributed by atoms with E-state index >= 15 is 0 Å². The number of hydrogen-bond acceptors (Lipinski definition) is 6. The van der Waals surface area contributed by atoms with Crippen LogP contribution in [0.4, 0.5) is 0 Å². The maximum atomic E-state index is 11.7. The normalized spacial score (nSPS) is 30.6. The van der Waals surface area contributed by atoms with Gasteiger partial charge in [0.2, 0.25) is 0 Å². The lowest BCUT2D eigenvalue weighted by molar-refractivity contribution is -0.145. The molecular formula is C16H24N2O3S. The highest BCUT2D eigenvalue weighted by Gasteiger charge is 2.41. The maximum absolute atomic E-state index is 11.7. The number of aliphatic hydroxyl groups excluding tert-OH is 1. The summed E-state index contributed by atoms with van der Waals surface area (Å²) < 4.78 is 4.82. The molecule has 0 unspecified atom stereocenters. The number of rotatable bonds is 3. The molecule has 0 radical (unpaired) electrons. The van der Waals surface area contributed by atoms with Crippen molar-refractivity contribution in [3.63, 3.8) is 0 Å². The molecule has 0 bridgehead atoms. The van der Waals surface area contributed by atoms with Crippen molar-refractivity contribution in [3.05, 3.63) is 16.1 Å². The second kappa shape index (κ2) is 6.64. The van der Waals surface area contributed by atoms with Gasteiger partial charge in [-0.05, 0) is 45.7 Å². The zero-order valence-corrected chi connectivity index (χ0v) is 14.0. The van der Waals surface area contributed by atoms with Crippen LogP contribution in [-0.4, -0.2) is 53.3 Å². The van der Waals surface area contributed by atoms with Crippen molar-refractivity contribution in [3.8, 4) is 0 Å². The molecule has 2 heterocycles. The van der Waals surface area contributed by atoms with E-state index in [2.05, 4.69) is 15.3 Å². The average molecular weight is 324 g/mol. The van der Waals surface area contributed by atoms with Gasteiger partial charge in [0.1, 0.15) is 0 Å². The Balaban J connectivity index is 1.56. The van der Waals surface area contributed by atoms with E-state index < -0.39 is 6.10 Å². The van der Waals surface area contributed by atoms with Gasteiger partial charge in [0.05, 0.1) is 24.1 Å². The lowest BCUT2D eigenvalue weighted by atomic mass is 9.95. The number of aromatic nitrogens is 1. The van der Waals surface area contributed by atoms with Crippen LogP contribution < -0.4 is 0 Å². The van der Waals surface area contributed by atoms with Crippen LogP contribution in [0.15, 0.2) is 5.38 Å².